The minimum atomic E-state index is -0.346. The number of benzene rings is 1. The molecule has 148 valence electrons. The second-order valence-corrected chi connectivity index (χ2v) is 6.60. The first-order valence-electron chi connectivity index (χ1n) is 9.36. The number of pyridine rings is 1. The molecule has 0 aliphatic carbocycles. The molecular formula is C21H21N5O3. The number of furan rings is 1. The number of rotatable bonds is 4. The minimum Gasteiger partial charge on any atom is -0.459 e. The van der Waals surface area contributed by atoms with Crippen molar-refractivity contribution in [3.05, 3.63) is 72.8 Å². The van der Waals surface area contributed by atoms with E-state index in [1.54, 1.807) is 29.3 Å². The van der Waals surface area contributed by atoms with E-state index in [1.165, 1.54) is 6.26 Å². The Kier molecular flexibility index (Phi) is 5.42. The zero-order valence-electron chi connectivity index (χ0n) is 15.7. The third kappa shape index (κ3) is 4.55. The van der Waals surface area contributed by atoms with Crippen molar-refractivity contribution < 1.29 is 14.0 Å². The summed E-state index contributed by atoms with van der Waals surface area (Å²) in [6, 6.07) is 15.9. The summed E-state index contributed by atoms with van der Waals surface area (Å²) in [6.07, 6.45) is 3.23. The van der Waals surface area contributed by atoms with Crippen molar-refractivity contribution in [3.63, 3.8) is 0 Å². The van der Waals surface area contributed by atoms with Gasteiger partial charge in [0.25, 0.3) is 5.91 Å². The van der Waals surface area contributed by atoms with Gasteiger partial charge in [0.15, 0.2) is 5.76 Å². The molecule has 1 fully saturated rings. The van der Waals surface area contributed by atoms with Gasteiger partial charge in [-0.15, -0.1) is 0 Å². The Morgan fingerprint density at radius 3 is 2.34 bits per heavy atom. The Bertz CT molecular complexity index is 950. The van der Waals surface area contributed by atoms with Crippen LogP contribution in [-0.4, -0.2) is 48.0 Å². The Hall–Kier alpha value is -3.81. The molecule has 0 spiro atoms. The number of anilines is 3. The maximum Gasteiger partial charge on any atom is 0.324 e. The lowest BCUT2D eigenvalue weighted by Crippen LogP contribution is -2.48. The van der Waals surface area contributed by atoms with E-state index < -0.39 is 0 Å². The van der Waals surface area contributed by atoms with Gasteiger partial charge in [0.1, 0.15) is 5.82 Å². The van der Waals surface area contributed by atoms with Crippen molar-refractivity contribution in [2.24, 2.45) is 0 Å². The van der Waals surface area contributed by atoms with Gasteiger partial charge in [-0.25, -0.2) is 9.78 Å². The lowest BCUT2D eigenvalue weighted by atomic mass is 10.2. The number of carbonyl (C=O) groups excluding carboxylic acids is 2. The first-order chi connectivity index (χ1) is 14.2. The van der Waals surface area contributed by atoms with E-state index in [0.29, 0.717) is 43.4 Å². The maximum atomic E-state index is 12.3. The van der Waals surface area contributed by atoms with E-state index >= 15 is 0 Å². The van der Waals surface area contributed by atoms with Crippen LogP contribution in [-0.2, 0) is 0 Å². The minimum absolute atomic E-state index is 0.0863. The highest BCUT2D eigenvalue weighted by Gasteiger charge is 2.23. The largest absolute Gasteiger partial charge is 0.459 e. The molecule has 29 heavy (non-hydrogen) atoms. The molecule has 8 heteroatoms. The monoisotopic (exact) mass is 391 g/mol. The van der Waals surface area contributed by atoms with Gasteiger partial charge in [0, 0.05) is 31.9 Å². The lowest BCUT2D eigenvalue weighted by molar-refractivity contribution is 0.0714. The van der Waals surface area contributed by atoms with Gasteiger partial charge in [0.05, 0.1) is 18.1 Å². The summed E-state index contributed by atoms with van der Waals surface area (Å²) < 4.78 is 5.19. The molecule has 1 aromatic carbocycles. The molecule has 0 bridgehead atoms. The molecule has 2 N–H and O–H groups in total. The quantitative estimate of drug-likeness (QED) is 0.712. The molecule has 3 heterocycles. The highest BCUT2D eigenvalue weighted by molar-refractivity contribution is 5.99. The summed E-state index contributed by atoms with van der Waals surface area (Å²) in [4.78, 5) is 32.7. The van der Waals surface area contributed by atoms with Crippen LogP contribution in [0, 0.1) is 0 Å². The van der Waals surface area contributed by atoms with Crippen LogP contribution in [0.4, 0.5) is 22.0 Å². The Balaban J connectivity index is 1.29. The molecule has 0 unspecified atom stereocenters. The number of aromatic nitrogens is 1. The van der Waals surface area contributed by atoms with Crippen molar-refractivity contribution in [3.8, 4) is 0 Å². The van der Waals surface area contributed by atoms with Crippen molar-refractivity contribution in [1.29, 1.82) is 0 Å². The van der Waals surface area contributed by atoms with Gasteiger partial charge in [0.2, 0.25) is 0 Å². The zero-order chi connectivity index (χ0) is 20.1. The van der Waals surface area contributed by atoms with Gasteiger partial charge in [-0.1, -0.05) is 18.2 Å². The fourth-order valence-corrected chi connectivity index (χ4v) is 3.17. The Morgan fingerprint density at radius 1 is 0.897 bits per heavy atom. The molecule has 4 rings (SSSR count). The number of hydrogen-bond donors (Lipinski definition) is 2. The number of para-hydroxylation sites is 1. The highest BCUT2D eigenvalue weighted by atomic mass is 16.3. The number of nitrogens with zero attached hydrogens (tertiary/aromatic N) is 3. The molecule has 3 aromatic rings. The van der Waals surface area contributed by atoms with Gasteiger partial charge < -0.3 is 19.5 Å². The fourth-order valence-electron chi connectivity index (χ4n) is 3.17. The molecule has 1 saturated heterocycles. The van der Waals surface area contributed by atoms with E-state index in [9.17, 15) is 9.59 Å². The SMILES string of the molecule is O=C(Nc1ccccc1)Nc1ccc(N2CCN(C(=O)c3ccco3)CC2)cn1. The predicted molar refractivity (Wildman–Crippen MR) is 110 cm³/mol. The second kappa shape index (κ2) is 8.47. The standard InChI is InChI=1S/C21H21N5O3/c27-20(18-7-4-14-29-18)26-12-10-25(11-13-26)17-8-9-19(22-15-17)24-21(28)23-16-5-2-1-3-6-16/h1-9,14-15H,10-13H2,(H2,22,23,24,28). The molecule has 1 aliphatic heterocycles. The topological polar surface area (TPSA) is 90.7 Å². The summed E-state index contributed by atoms with van der Waals surface area (Å²) in [6.45, 7) is 2.63. The van der Waals surface area contributed by atoms with Crippen molar-refractivity contribution in [2.75, 3.05) is 41.7 Å². The Morgan fingerprint density at radius 2 is 1.69 bits per heavy atom. The van der Waals surface area contributed by atoms with Crippen molar-refractivity contribution in [1.82, 2.24) is 9.88 Å². The van der Waals surface area contributed by atoms with Gasteiger partial charge in [-0.05, 0) is 36.4 Å². The van der Waals surface area contributed by atoms with Crippen LogP contribution in [0.3, 0.4) is 0 Å². The predicted octanol–water partition coefficient (Wildman–Crippen LogP) is 3.28. The summed E-state index contributed by atoms with van der Waals surface area (Å²) in [5.41, 5.74) is 1.66. The third-order valence-electron chi connectivity index (χ3n) is 4.69. The smallest absolute Gasteiger partial charge is 0.324 e. The molecule has 0 saturated carbocycles. The number of nitrogens with one attached hydrogen (secondary N) is 2. The van der Waals surface area contributed by atoms with E-state index in [4.69, 9.17) is 4.42 Å². The van der Waals surface area contributed by atoms with Crippen LogP contribution >= 0.6 is 0 Å². The van der Waals surface area contributed by atoms with Gasteiger partial charge in [-0.2, -0.15) is 0 Å². The highest BCUT2D eigenvalue weighted by Crippen LogP contribution is 2.18. The van der Waals surface area contributed by atoms with Gasteiger partial charge >= 0.3 is 6.03 Å². The maximum absolute atomic E-state index is 12.3. The average Bonchev–Trinajstić information content (AvgIpc) is 3.29. The molecule has 1 aliphatic rings. The van der Waals surface area contributed by atoms with E-state index in [1.807, 2.05) is 36.4 Å². The van der Waals surface area contributed by atoms with Crippen LogP contribution < -0.4 is 15.5 Å². The van der Waals surface area contributed by atoms with Crippen LogP contribution in [0.2, 0.25) is 0 Å². The number of piperazine rings is 1. The number of carbonyl (C=O) groups is 2. The summed E-state index contributed by atoms with van der Waals surface area (Å²) >= 11 is 0. The van der Waals surface area contributed by atoms with Crippen LogP contribution in [0.1, 0.15) is 10.6 Å². The number of hydrogen-bond acceptors (Lipinski definition) is 5. The first-order valence-corrected chi connectivity index (χ1v) is 9.36. The van der Waals surface area contributed by atoms with Crippen molar-refractivity contribution >= 4 is 29.1 Å². The zero-order valence-corrected chi connectivity index (χ0v) is 15.7. The first kappa shape index (κ1) is 18.5. The lowest BCUT2D eigenvalue weighted by Gasteiger charge is -2.35. The van der Waals surface area contributed by atoms with Gasteiger partial charge in [-0.3, -0.25) is 10.1 Å². The second-order valence-electron chi connectivity index (χ2n) is 6.60. The summed E-state index contributed by atoms with van der Waals surface area (Å²) in [7, 11) is 0. The number of urea groups is 1. The normalized spacial score (nSPS) is 13.8. The molecule has 2 aromatic heterocycles. The third-order valence-corrected chi connectivity index (χ3v) is 4.69. The van der Waals surface area contributed by atoms with Crippen LogP contribution in [0.5, 0.6) is 0 Å². The Labute approximate surface area is 168 Å². The van der Waals surface area contributed by atoms with Crippen molar-refractivity contribution in [2.45, 2.75) is 0 Å². The fraction of sp³-hybridized carbons (Fsp3) is 0.190. The van der Waals surface area contributed by atoms with E-state index in [-0.39, 0.29) is 11.9 Å². The molecule has 0 radical (unpaired) electrons. The molecule has 8 nitrogen and oxygen atoms in total. The number of amides is 3. The van der Waals surface area contributed by atoms with E-state index in [2.05, 4.69) is 20.5 Å². The average molecular weight is 391 g/mol. The van der Waals surface area contributed by atoms with Crippen LogP contribution in [0.15, 0.2) is 71.5 Å². The summed E-state index contributed by atoms with van der Waals surface area (Å²) in [5, 5.41) is 5.46. The molecule has 0 atom stereocenters. The molecular weight excluding hydrogens is 370 g/mol. The summed E-state index contributed by atoms with van der Waals surface area (Å²) in [5.74, 6) is 0.745. The van der Waals surface area contributed by atoms with Crippen LogP contribution in [0.25, 0.3) is 0 Å². The molecule has 3 amide bonds. The van der Waals surface area contributed by atoms with E-state index in [0.717, 1.165) is 5.69 Å².